The first-order valence-electron chi connectivity index (χ1n) is 8.61. The summed E-state index contributed by atoms with van der Waals surface area (Å²) in [5, 5.41) is 0. The van der Waals surface area contributed by atoms with Crippen LogP contribution in [0.3, 0.4) is 0 Å². The van der Waals surface area contributed by atoms with Crippen LogP contribution in [-0.4, -0.2) is 46.2 Å². The summed E-state index contributed by atoms with van der Waals surface area (Å²) in [5.41, 5.74) is 11.8. The van der Waals surface area contributed by atoms with Gasteiger partial charge in [-0.2, -0.15) is 4.98 Å². The number of nitrogens with two attached hydrogens (primary N) is 2. The third-order valence-electron chi connectivity index (χ3n) is 4.63. The molecule has 0 aliphatic carbocycles. The smallest absolute Gasteiger partial charge is 0.354 e. The molecule has 1 aromatic carbocycles. The van der Waals surface area contributed by atoms with Gasteiger partial charge in [0.05, 0.1) is 5.69 Å². The van der Waals surface area contributed by atoms with Crippen LogP contribution >= 0.6 is 0 Å². The van der Waals surface area contributed by atoms with Crippen molar-refractivity contribution >= 4 is 5.82 Å². The molecule has 3 rings (SSSR count). The highest BCUT2D eigenvalue weighted by atomic mass is 16.5. The Bertz CT molecular complexity index is 751. The number of anilines is 1. The molecule has 1 aliphatic rings. The minimum Gasteiger partial charge on any atom is -0.492 e. The highest BCUT2D eigenvalue weighted by Crippen LogP contribution is 2.16. The van der Waals surface area contributed by atoms with Gasteiger partial charge in [0.2, 0.25) is 0 Å². The number of nitrogens with zero attached hydrogens (tertiary/aromatic N) is 3. The summed E-state index contributed by atoms with van der Waals surface area (Å²) < 4.78 is 7.34. The van der Waals surface area contributed by atoms with Crippen LogP contribution in [-0.2, 0) is 0 Å². The monoisotopic (exact) mass is 343 g/mol. The van der Waals surface area contributed by atoms with Crippen LogP contribution in [0.4, 0.5) is 5.82 Å². The van der Waals surface area contributed by atoms with Crippen molar-refractivity contribution in [1.82, 2.24) is 14.5 Å². The Morgan fingerprint density at radius 2 is 1.92 bits per heavy atom. The van der Waals surface area contributed by atoms with Crippen molar-refractivity contribution in [1.29, 1.82) is 0 Å². The quantitative estimate of drug-likeness (QED) is 0.840. The van der Waals surface area contributed by atoms with Crippen molar-refractivity contribution in [2.45, 2.75) is 31.8 Å². The Labute approximate surface area is 147 Å². The number of hydrogen-bond donors (Lipinski definition) is 2. The number of benzene rings is 1. The van der Waals surface area contributed by atoms with Crippen LogP contribution in [0.5, 0.6) is 5.75 Å². The third-order valence-corrected chi connectivity index (χ3v) is 4.63. The fourth-order valence-corrected chi connectivity index (χ4v) is 3.00. The maximum atomic E-state index is 11.9. The first-order chi connectivity index (χ1) is 12.0. The van der Waals surface area contributed by atoms with E-state index in [-0.39, 0.29) is 5.82 Å². The molecule has 2 heterocycles. The minimum atomic E-state index is -0.398. The van der Waals surface area contributed by atoms with Crippen LogP contribution < -0.4 is 21.9 Å². The average Bonchev–Trinajstić information content (AvgIpc) is 2.61. The van der Waals surface area contributed by atoms with Gasteiger partial charge in [-0.25, -0.2) is 4.79 Å². The second-order valence-corrected chi connectivity index (χ2v) is 6.53. The van der Waals surface area contributed by atoms with E-state index in [9.17, 15) is 4.79 Å². The van der Waals surface area contributed by atoms with Crippen molar-refractivity contribution in [3.8, 4) is 11.4 Å². The minimum absolute atomic E-state index is 0.217. The Hall–Kier alpha value is -2.38. The predicted molar refractivity (Wildman–Crippen MR) is 98.0 cm³/mol. The van der Waals surface area contributed by atoms with Crippen LogP contribution in [0.2, 0.25) is 0 Å². The molecule has 1 unspecified atom stereocenters. The van der Waals surface area contributed by atoms with Gasteiger partial charge < -0.3 is 16.2 Å². The summed E-state index contributed by atoms with van der Waals surface area (Å²) in [6.07, 6.45) is 3.70. The number of piperidine rings is 1. The first-order valence-corrected chi connectivity index (χ1v) is 8.61. The molecule has 25 heavy (non-hydrogen) atoms. The topological polar surface area (TPSA) is 99.4 Å². The van der Waals surface area contributed by atoms with Crippen molar-refractivity contribution in [3.63, 3.8) is 0 Å². The second kappa shape index (κ2) is 7.67. The number of rotatable bonds is 5. The lowest BCUT2D eigenvalue weighted by Gasteiger charge is -2.34. The summed E-state index contributed by atoms with van der Waals surface area (Å²) >= 11 is 0. The molecule has 1 aromatic heterocycles. The summed E-state index contributed by atoms with van der Waals surface area (Å²) in [7, 11) is 0. The summed E-state index contributed by atoms with van der Waals surface area (Å²) in [5.74, 6) is 0.995. The summed E-state index contributed by atoms with van der Waals surface area (Å²) in [4.78, 5) is 18.0. The fraction of sp³-hybridized carbons (Fsp3) is 0.444. The zero-order valence-electron chi connectivity index (χ0n) is 14.5. The van der Waals surface area contributed by atoms with Gasteiger partial charge in [0.1, 0.15) is 18.2 Å². The predicted octanol–water partition coefficient (Wildman–Crippen LogP) is 1.01. The third kappa shape index (κ3) is 4.37. The molecule has 1 atom stereocenters. The fourth-order valence-electron chi connectivity index (χ4n) is 3.00. The zero-order chi connectivity index (χ0) is 17.8. The lowest BCUT2D eigenvalue weighted by Crippen LogP contribution is -2.45. The Balaban J connectivity index is 1.58. The van der Waals surface area contributed by atoms with Gasteiger partial charge in [0.25, 0.3) is 0 Å². The largest absolute Gasteiger partial charge is 0.492 e. The van der Waals surface area contributed by atoms with Gasteiger partial charge in [0, 0.05) is 31.4 Å². The van der Waals surface area contributed by atoms with Crippen LogP contribution in [0.1, 0.15) is 19.8 Å². The normalized spacial score (nSPS) is 17.4. The number of hydrogen-bond acceptors (Lipinski definition) is 6. The lowest BCUT2D eigenvalue weighted by molar-refractivity contribution is 0.118. The van der Waals surface area contributed by atoms with E-state index >= 15 is 0 Å². The standard InChI is InChI=1S/C18H25N5O2/c1-13(22-9-6-14(19)7-10-22)12-25-16-4-2-15(3-5-16)23-11-8-17(20)21-18(23)24/h2-5,8,11,13-14H,6-7,9-10,12,19H2,1H3,(H2,20,21,24). The van der Waals surface area contributed by atoms with E-state index < -0.39 is 5.69 Å². The van der Waals surface area contributed by atoms with Crippen molar-refractivity contribution in [2.75, 3.05) is 25.4 Å². The number of ether oxygens (including phenoxy) is 1. The SMILES string of the molecule is CC(COc1ccc(-n2ccc(N)nc2=O)cc1)N1CCC(N)CC1. The molecule has 0 amide bonds. The summed E-state index contributed by atoms with van der Waals surface area (Å²) in [6.45, 7) is 4.85. The van der Waals surface area contributed by atoms with E-state index in [0.717, 1.165) is 37.4 Å². The Morgan fingerprint density at radius 1 is 1.24 bits per heavy atom. The number of aromatic nitrogens is 2. The highest BCUT2D eigenvalue weighted by molar-refractivity contribution is 5.38. The lowest BCUT2D eigenvalue weighted by atomic mass is 10.0. The molecule has 0 spiro atoms. The van der Waals surface area contributed by atoms with Crippen LogP contribution in [0, 0.1) is 0 Å². The van der Waals surface area contributed by atoms with Gasteiger partial charge in [-0.15, -0.1) is 0 Å². The molecular weight excluding hydrogens is 318 g/mol. The van der Waals surface area contributed by atoms with Gasteiger partial charge in [-0.1, -0.05) is 0 Å². The molecule has 0 radical (unpaired) electrons. The van der Waals surface area contributed by atoms with Gasteiger partial charge in [0.15, 0.2) is 0 Å². The molecule has 1 aliphatic heterocycles. The molecule has 1 fully saturated rings. The molecule has 7 heteroatoms. The molecule has 134 valence electrons. The highest BCUT2D eigenvalue weighted by Gasteiger charge is 2.20. The van der Waals surface area contributed by atoms with Crippen LogP contribution in [0.15, 0.2) is 41.3 Å². The van der Waals surface area contributed by atoms with E-state index in [2.05, 4.69) is 16.8 Å². The maximum Gasteiger partial charge on any atom is 0.354 e. The first kappa shape index (κ1) is 17.4. The molecule has 1 saturated heterocycles. The van der Waals surface area contributed by atoms with Gasteiger partial charge in [-0.05, 0) is 50.1 Å². The van der Waals surface area contributed by atoms with E-state index in [0.29, 0.717) is 18.7 Å². The van der Waals surface area contributed by atoms with Crippen molar-refractivity contribution in [2.24, 2.45) is 5.73 Å². The second-order valence-electron chi connectivity index (χ2n) is 6.53. The molecular formula is C18H25N5O2. The maximum absolute atomic E-state index is 11.9. The van der Waals surface area contributed by atoms with Crippen LogP contribution in [0.25, 0.3) is 5.69 Å². The number of likely N-dealkylation sites (tertiary alicyclic amines) is 1. The summed E-state index contributed by atoms with van der Waals surface area (Å²) in [6, 6.07) is 9.66. The van der Waals surface area contributed by atoms with E-state index in [1.54, 1.807) is 12.3 Å². The van der Waals surface area contributed by atoms with Crippen molar-refractivity contribution < 1.29 is 4.74 Å². The number of nitrogen functional groups attached to an aromatic ring is 1. The molecule has 0 saturated carbocycles. The van der Waals surface area contributed by atoms with E-state index in [1.165, 1.54) is 4.57 Å². The zero-order valence-corrected chi connectivity index (χ0v) is 14.5. The molecule has 7 nitrogen and oxygen atoms in total. The van der Waals surface area contributed by atoms with Crippen molar-refractivity contribution in [3.05, 3.63) is 47.0 Å². The molecule has 0 bridgehead atoms. The average molecular weight is 343 g/mol. The van der Waals surface area contributed by atoms with E-state index in [1.807, 2.05) is 24.3 Å². The van der Waals surface area contributed by atoms with E-state index in [4.69, 9.17) is 16.2 Å². The molecule has 2 aromatic rings. The Morgan fingerprint density at radius 3 is 2.56 bits per heavy atom. The van der Waals surface area contributed by atoms with Gasteiger partial charge >= 0.3 is 5.69 Å². The van der Waals surface area contributed by atoms with Gasteiger partial charge in [-0.3, -0.25) is 9.47 Å². The molecule has 4 N–H and O–H groups in total. The Kier molecular flexibility index (Phi) is 5.35.